The molecule has 0 amide bonds. The second kappa shape index (κ2) is 4.21. The Kier molecular flexibility index (Phi) is 2.64. The maximum Gasteiger partial charge on any atom is 0.509 e. The largest absolute Gasteiger partial charge is 0.509 e. The quantitative estimate of drug-likeness (QED) is 0.616. The summed E-state index contributed by atoms with van der Waals surface area (Å²) < 4.78 is 16.3. The minimum Gasteiger partial charge on any atom is -0.424 e. The third-order valence-corrected chi connectivity index (χ3v) is 3.06. The lowest BCUT2D eigenvalue weighted by atomic mass is 10.1. The number of aliphatic hydroxyl groups is 1. The van der Waals surface area contributed by atoms with Crippen molar-refractivity contribution in [2.45, 2.75) is 24.5 Å². The van der Waals surface area contributed by atoms with Crippen molar-refractivity contribution in [2.75, 3.05) is 6.61 Å². The SMILES string of the molecule is O=C1OC2[C@@H](CO)O[C@@H](n3ccc(=O)[nH]c3=O)[C@H]2O1. The first-order chi connectivity index (χ1) is 9.10. The molecule has 1 aromatic heterocycles. The molecule has 0 aromatic carbocycles. The lowest BCUT2D eigenvalue weighted by Gasteiger charge is -2.17. The molecule has 3 heterocycles. The molecule has 0 bridgehead atoms. The van der Waals surface area contributed by atoms with Gasteiger partial charge in [-0.15, -0.1) is 0 Å². The number of carbonyl (C=O) groups is 1. The van der Waals surface area contributed by atoms with Gasteiger partial charge in [0.25, 0.3) is 5.56 Å². The molecule has 2 aliphatic heterocycles. The molecule has 0 spiro atoms. The van der Waals surface area contributed by atoms with Gasteiger partial charge in [-0.2, -0.15) is 0 Å². The van der Waals surface area contributed by atoms with Crippen LogP contribution in [0.4, 0.5) is 4.79 Å². The van der Waals surface area contributed by atoms with E-state index in [1.54, 1.807) is 0 Å². The van der Waals surface area contributed by atoms with Gasteiger partial charge in [0.2, 0.25) is 0 Å². The number of hydrogen-bond donors (Lipinski definition) is 2. The molecule has 0 saturated carbocycles. The van der Waals surface area contributed by atoms with Crippen LogP contribution in [0.5, 0.6) is 0 Å². The summed E-state index contributed by atoms with van der Waals surface area (Å²) in [6.45, 7) is -0.383. The van der Waals surface area contributed by atoms with Gasteiger partial charge in [-0.05, 0) is 0 Å². The van der Waals surface area contributed by atoms with Gasteiger partial charge < -0.3 is 19.3 Å². The highest BCUT2D eigenvalue weighted by Crippen LogP contribution is 2.36. The molecule has 1 unspecified atom stereocenters. The van der Waals surface area contributed by atoms with Crippen LogP contribution in [0.1, 0.15) is 6.23 Å². The van der Waals surface area contributed by atoms with Crippen molar-refractivity contribution in [1.82, 2.24) is 9.55 Å². The minimum atomic E-state index is -0.946. The summed E-state index contributed by atoms with van der Waals surface area (Å²) in [5, 5.41) is 9.16. The van der Waals surface area contributed by atoms with Crippen LogP contribution in [0.15, 0.2) is 21.9 Å². The zero-order chi connectivity index (χ0) is 13.6. The van der Waals surface area contributed by atoms with Crippen molar-refractivity contribution in [1.29, 1.82) is 0 Å². The first-order valence-electron chi connectivity index (χ1n) is 5.55. The van der Waals surface area contributed by atoms with Gasteiger partial charge in [-0.25, -0.2) is 9.59 Å². The Balaban J connectivity index is 1.99. The molecule has 0 aliphatic carbocycles. The van der Waals surface area contributed by atoms with Gasteiger partial charge in [0, 0.05) is 12.3 Å². The van der Waals surface area contributed by atoms with E-state index in [-0.39, 0.29) is 6.61 Å². The Morgan fingerprint density at radius 3 is 2.68 bits per heavy atom. The van der Waals surface area contributed by atoms with Crippen LogP contribution in [0, 0.1) is 0 Å². The molecule has 2 N–H and O–H groups in total. The van der Waals surface area contributed by atoms with Gasteiger partial charge in [0.15, 0.2) is 18.4 Å². The molecule has 102 valence electrons. The normalized spacial score (nSPS) is 32.8. The number of rotatable bonds is 2. The van der Waals surface area contributed by atoms with E-state index in [0.29, 0.717) is 0 Å². The van der Waals surface area contributed by atoms with Gasteiger partial charge in [0.1, 0.15) is 6.10 Å². The average Bonchev–Trinajstić information content (AvgIpc) is 2.87. The average molecular weight is 270 g/mol. The zero-order valence-corrected chi connectivity index (χ0v) is 9.52. The van der Waals surface area contributed by atoms with E-state index < -0.39 is 41.9 Å². The summed E-state index contributed by atoms with van der Waals surface area (Å²) in [7, 11) is 0. The Hall–Kier alpha value is -2.13. The molecule has 4 atom stereocenters. The molecule has 2 fully saturated rings. The maximum absolute atomic E-state index is 11.7. The van der Waals surface area contributed by atoms with E-state index in [0.717, 1.165) is 10.6 Å². The number of fused-ring (bicyclic) bond motifs is 1. The number of H-pyrrole nitrogens is 1. The van der Waals surface area contributed by atoms with Crippen LogP contribution < -0.4 is 11.2 Å². The van der Waals surface area contributed by atoms with Crippen LogP contribution in [0.3, 0.4) is 0 Å². The van der Waals surface area contributed by atoms with Crippen molar-refractivity contribution in [3.05, 3.63) is 33.1 Å². The third-order valence-electron chi connectivity index (χ3n) is 3.06. The summed E-state index contributed by atoms with van der Waals surface area (Å²) in [5.41, 5.74) is -1.24. The standard InChI is InChI=1S/C10H10N2O7/c13-3-4-6-7(19-10(16)18-6)8(17-4)12-2-1-5(14)11-9(12)15/h1-2,4,6-8,13H,3H2,(H,11,14,15)/t4-,6?,7+,8-/m1/s1. The molecule has 19 heavy (non-hydrogen) atoms. The van der Waals surface area contributed by atoms with E-state index in [4.69, 9.17) is 19.3 Å². The van der Waals surface area contributed by atoms with E-state index in [1.807, 2.05) is 0 Å². The minimum absolute atomic E-state index is 0.383. The first kappa shape index (κ1) is 11.9. The third kappa shape index (κ3) is 1.83. The van der Waals surface area contributed by atoms with E-state index in [2.05, 4.69) is 4.98 Å². The fourth-order valence-electron chi connectivity index (χ4n) is 2.22. The van der Waals surface area contributed by atoms with Gasteiger partial charge in [-0.3, -0.25) is 14.3 Å². The van der Waals surface area contributed by atoms with E-state index in [1.165, 1.54) is 6.20 Å². The Labute approximate surface area is 105 Å². The second-order valence-corrected chi connectivity index (χ2v) is 4.18. The van der Waals surface area contributed by atoms with Gasteiger partial charge in [0.05, 0.1) is 6.61 Å². The Bertz CT molecular complexity index is 621. The number of hydrogen-bond acceptors (Lipinski definition) is 7. The number of carbonyl (C=O) groups excluding carboxylic acids is 1. The van der Waals surface area contributed by atoms with Crippen LogP contribution >= 0.6 is 0 Å². The van der Waals surface area contributed by atoms with Gasteiger partial charge in [-0.1, -0.05) is 0 Å². The second-order valence-electron chi connectivity index (χ2n) is 4.18. The molecule has 9 heteroatoms. The van der Waals surface area contributed by atoms with Crippen molar-refractivity contribution in [3.8, 4) is 0 Å². The van der Waals surface area contributed by atoms with Crippen molar-refractivity contribution in [3.63, 3.8) is 0 Å². The maximum atomic E-state index is 11.7. The van der Waals surface area contributed by atoms with Gasteiger partial charge >= 0.3 is 11.8 Å². The van der Waals surface area contributed by atoms with Crippen molar-refractivity contribution in [2.24, 2.45) is 0 Å². The molecule has 1 aromatic rings. The number of nitrogens with zero attached hydrogens (tertiary/aromatic N) is 1. The highest BCUT2D eigenvalue weighted by Gasteiger charge is 2.54. The highest BCUT2D eigenvalue weighted by atomic mass is 16.8. The predicted molar refractivity (Wildman–Crippen MR) is 57.5 cm³/mol. The molecular formula is C10H10N2O7. The first-order valence-corrected chi connectivity index (χ1v) is 5.55. The summed E-state index contributed by atoms with van der Waals surface area (Å²) >= 11 is 0. The lowest BCUT2D eigenvalue weighted by molar-refractivity contribution is -0.0736. The zero-order valence-electron chi connectivity index (χ0n) is 9.52. The number of nitrogens with one attached hydrogen (secondary N) is 1. The topological polar surface area (TPSA) is 120 Å². The summed E-state index contributed by atoms with van der Waals surface area (Å²) in [4.78, 5) is 35.8. The van der Waals surface area contributed by atoms with Crippen molar-refractivity contribution < 1.29 is 24.1 Å². The van der Waals surface area contributed by atoms with E-state index >= 15 is 0 Å². The predicted octanol–water partition coefficient (Wildman–Crippen LogP) is -1.67. The molecule has 2 saturated heterocycles. The van der Waals surface area contributed by atoms with Crippen molar-refractivity contribution >= 4 is 6.16 Å². The fraction of sp³-hybridized carbons (Fsp3) is 0.500. The molecule has 2 aliphatic rings. The molecule has 0 radical (unpaired) electrons. The monoisotopic (exact) mass is 270 g/mol. The highest BCUT2D eigenvalue weighted by molar-refractivity contribution is 5.63. The summed E-state index contributed by atoms with van der Waals surface area (Å²) in [6.07, 6.45) is -2.98. The number of ether oxygens (including phenoxy) is 3. The molecular weight excluding hydrogens is 260 g/mol. The fourth-order valence-corrected chi connectivity index (χ4v) is 2.22. The summed E-state index contributed by atoms with van der Waals surface area (Å²) in [6, 6.07) is 1.14. The van der Waals surface area contributed by atoms with E-state index in [9.17, 15) is 14.4 Å². The van der Waals surface area contributed by atoms with Crippen LogP contribution in [-0.2, 0) is 14.2 Å². The Morgan fingerprint density at radius 2 is 2.00 bits per heavy atom. The lowest BCUT2D eigenvalue weighted by Crippen LogP contribution is -2.36. The van der Waals surface area contributed by atoms with Crippen LogP contribution in [0.2, 0.25) is 0 Å². The number of aliphatic hydroxyl groups excluding tert-OH is 1. The van der Waals surface area contributed by atoms with Crippen LogP contribution in [0.25, 0.3) is 0 Å². The van der Waals surface area contributed by atoms with Crippen LogP contribution in [-0.4, -0.2) is 45.7 Å². The number of aromatic amines is 1. The molecule has 3 rings (SSSR count). The Morgan fingerprint density at radius 1 is 1.26 bits per heavy atom. The molecule has 9 nitrogen and oxygen atoms in total. The summed E-state index contributed by atoms with van der Waals surface area (Å²) in [5.74, 6) is 0. The smallest absolute Gasteiger partial charge is 0.424 e. The number of aromatic nitrogens is 2.